The molecule has 18 heavy (non-hydrogen) atoms. The van der Waals surface area contributed by atoms with Crippen molar-refractivity contribution in [1.82, 2.24) is 0 Å². The van der Waals surface area contributed by atoms with Gasteiger partial charge < -0.3 is 15.8 Å². The van der Waals surface area contributed by atoms with Gasteiger partial charge in [0.25, 0.3) is 0 Å². The Balaban J connectivity index is 2.05. The van der Waals surface area contributed by atoms with Gasteiger partial charge >= 0.3 is 0 Å². The maximum atomic E-state index is 11.3. The molecule has 0 fully saturated rings. The van der Waals surface area contributed by atoms with Gasteiger partial charge in [-0.05, 0) is 30.5 Å². The van der Waals surface area contributed by atoms with Gasteiger partial charge in [-0.1, -0.05) is 19.8 Å². The topological polar surface area (TPSA) is 64.3 Å². The highest BCUT2D eigenvalue weighted by atomic mass is 16.5. The lowest BCUT2D eigenvalue weighted by Crippen LogP contribution is -2.19. The number of anilines is 2. The number of benzene rings is 1. The van der Waals surface area contributed by atoms with Gasteiger partial charge in [-0.25, -0.2) is 0 Å². The van der Waals surface area contributed by atoms with Crippen LogP contribution in [-0.4, -0.2) is 12.5 Å². The molecular formula is C14H20N2O2. The second-order valence-corrected chi connectivity index (χ2v) is 4.65. The van der Waals surface area contributed by atoms with Crippen LogP contribution in [0.3, 0.4) is 0 Å². The van der Waals surface area contributed by atoms with Crippen LogP contribution in [0.2, 0.25) is 0 Å². The zero-order valence-electron chi connectivity index (χ0n) is 10.8. The maximum Gasteiger partial charge on any atom is 0.224 e. The smallest absolute Gasteiger partial charge is 0.224 e. The van der Waals surface area contributed by atoms with Crippen LogP contribution in [0.25, 0.3) is 0 Å². The number of hydrogen-bond acceptors (Lipinski definition) is 3. The molecule has 1 aromatic carbocycles. The van der Waals surface area contributed by atoms with E-state index in [4.69, 9.17) is 10.5 Å². The molecule has 1 aliphatic rings. The molecule has 0 bridgehead atoms. The third kappa shape index (κ3) is 2.94. The van der Waals surface area contributed by atoms with E-state index in [2.05, 4.69) is 12.2 Å². The number of nitrogens with two attached hydrogens (primary N) is 1. The zero-order chi connectivity index (χ0) is 13.0. The molecule has 98 valence electrons. The van der Waals surface area contributed by atoms with Gasteiger partial charge in [0.15, 0.2) is 0 Å². The van der Waals surface area contributed by atoms with E-state index >= 15 is 0 Å². The standard InChI is InChI=1S/C14H20N2O2/c1-2-3-4-7-18-13-8-10-5-6-14(17)16-12(10)9-11(13)15/h8-9H,2-7,15H2,1H3,(H,16,17). The Morgan fingerprint density at radius 2 is 2.17 bits per heavy atom. The van der Waals surface area contributed by atoms with E-state index in [1.54, 1.807) is 6.07 Å². The predicted molar refractivity (Wildman–Crippen MR) is 72.8 cm³/mol. The lowest BCUT2D eigenvalue weighted by molar-refractivity contribution is -0.116. The first-order valence-electron chi connectivity index (χ1n) is 6.55. The molecule has 0 atom stereocenters. The van der Waals surface area contributed by atoms with Gasteiger partial charge in [-0.3, -0.25) is 4.79 Å². The van der Waals surface area contributed by atoms with Crippen molar-refractivity contribution in [3.63, 3.8) is 0 Å². The summed E-state index contributed by atoms with van der Waals surface area (Å²) in [6.45, 7) is 2.86. The van der Waals surface area contributed by atoms with Crippen molar-refractivity contribution in [3.05, 3.63) is 17.7 Å². The van der Waals surface area contributed by atoms with E-state index in [0.29, 0.717) is 18.7 Å². The van der Waals surface area contributed by atoms with Gasteiger partial charge in [0.1, 0.15) is 5.75 Å². The summed E-state index contributed by atoms with van der Waals surface area (Å²) in [6, 6.07) is 3.75. The molecule has 1 heterocycles. The van der Waals surface area contributed by atoms with Crippen molar-refractivity contribution in [3.8, 4) is 5.75 Å². The Bertz CT molecular complexity index is 444. The number of nitrogens with one attached hydrogen (secondary N) is 1. The van der Waals surface area contributed by atoms with E-state index in [1.807, 2.05) is 6.07 Å². The molecule has 0 aliphatic carbocycles. The maximum absolute atomic E-state index is 11.3. The van der Waals surface area contributed by atoms with Gasteiger partial charge in [0, 0.05) is 12.1 Å². The van der Waals surface area contributed by atoms with Crippen molar-refractivity contribution in [2.24, 2.45) is 0 Å². The summed E-state index contributed by atoms with van der Waals surface area (Å²) >= 11 is 0. The fourth-order valence-electron chi connectivity index (χ4n) is 2.08. The number of carbonyl (C=O) groups excluding carboxylic acids is 1. The first kappa shape index (κ1) is 12.7. The number of rotatable bonds is 5. The minimum absolute atomic E-state index is 0.0542. The molecule has 0 radical (unpaired) electrons. The SMILES string of the molecule is CCCCCOc1cc2c(cc1N)NC(=O)CC2. The lowest BCUT2D eigenvalue weighted by atomic mass is 10.0. The van der Waals surface area contributed by atoms with Crippen molar-refractivity contribution in [2.45, 2.75) is 39.0 Å². The molecule has 0 unspecified atom stereocenters. The summed E-state index contributed by atoms with van der Waals surface area (Å²) in [5.41, 5.74) is 8.45. The number of fused-ring (bicyclic) bond motifs is 1. The largest absolute Gasteiger partial charge is 0.491 e. The molecule has 0 aromatic heterocycles. The molecule has 3 N–H and O–H groups in total. The average molecular weight is 248 g/mol. The summed E-state index contributed by atoms with van der Waals surface area (Å²) in [7, 11) is 0. The van der Waals surface area contributed by atoms with Gasteiger partial charge in [-0.15, -0.1) is 0 Å². The fraction of sp³-hybridized carbons (Fsp3) is 0.500. The molecule has 0 saturated carbocycles. The van der Waals surface area contributed by atoms with Gasteiger partial charge in [-0.2, -0.15) is 0 Å². The van der Waals surface area contributed by atoms with Gasteiger partial charge in [0.2, 0.25) is 5.91 Å². The Labute approximate surface area is 108 Å². The van der Waals surface area contributed by atoms with E-state index < -0.39 is 0 Å². The number of ether oxygens (including phenoxy) is 1. The highest BCUT2D eigenvalue weighted by Gasteiger charge is 2.17. The quantitative estimate of drug-likeness (QED) is 0.622. The molecule has 0 spiro atoms. The van der Waals surface area contributed by atoms with Crippen molar-refractivity contribution < 1.29 is 9.53 Å². The van der Waals surface area contributed by atoms with Crippen molar-refractivity contribution in [2.75, 3.05) is 17.7 Å². The second-order valence-electron chi connectivity index (χ2n) is 4.65. The Kier molecular flexibility index (Phi) is 4.07. The fourth-order valence-corrected chi connectivity index (χ4v) is 2.08. The number of carbonyl (C=O) groups is 1. The normalized spacial score (nSPS) is 13.9. The summed E-state index contributed by atoms with van der Waals surface area (Å²) in [5, 5.41) is 2.83. The third-order valence-corrected chi connectivity index (χ3v) is 3.14. The molecule has 2 rings (SSSR count). The molecule has 4 heteroatoms. The Hall–Kier alpha value is -1.71. The van der Waals surface area contributed by atoms with Crippen LogP contribution in [-0.2, 0) is 11.2 Å². The number of hydrogen-bond donors (Lipinski definition) is 2. The highest BCUT2D eigenvalue weighted by molar-refractivity contribution is 5.94. The van der Waals surface area contributed by atoms with Gasteiger partial charge in [0.05, 0.1) is 12.3 Å². The van der Waals surface area contributed by atoms with E-state index in [1.165, 1.54) is 12.8 Å². The summed E-state index contributed by atoms with van der Waals surface area (Å²) < 4.78 is 5.69. The minimum Gasteiger partial charge on any atom is -0.491 e. The number of aryl methyl sites for hydroxylation is 1. The molecule has 1 amide bonds. The van der Waals surface area contributed by atoms with E-state index in [-0.39, 0.29) is 5.91 Å². The van der Waals surface area contributed by atoms with Crippen LogP contribution < -0.4 is 15.8 Å². The predicted octanol–water partition coefficient (Wildman–Crippen LogP) is 2.72. The molecule has 1 aromatic rings. The Morgan fingerprint density at radius 1 is 1.33 bits per heavy atom. The lowest BCUT2D eigenvalue weighted by Gasteiger charge is -2.19. The summed E-state index contributed by atoms with van der Waals surface area (Å²) in [4.78, 5) is 11.3. The third-order valence-electron chi connectivity index (χ3n) is 3.14. The van der Waals surface area contributed by atoms with Crippen molar-refractivity contribution in [1.29, 1.82) is 0 Å². The van der Waals surface area contributed by atoms with Crippen LogP contribution in [0.15, 0.2) is 12.1 Å². The van der Waals surface area contributed by atoms with Crippen LogP contribution in [0.1, 0.15) is 38.2 Å². The zero-order valence-corrected chi connectivity index (χ0v) is 10.8. The summed E-state index contributed by atoms with van der Waals surface area (Å²) in [5.74, 6) is 0.791. The van der Waals surface area contributed by atoms with Crippen LogP contribution in [0, 0.1) is 0 Å². The number of unbranched alkanes of at least 4 members (excludes halogenated alkanes) is 2. The number of nitrogen functional groups attached to an aromatic ring is 1. The first-order valence-corrected chi connectivity index (χ1v) is 6.55. The monoisotopic (exact) mass is 248 g/mol. The molecule has 0 saturated heterocycles. The molecule has 4 nitrogen and oxygen atoms in total. The highest BCUT2D eigenvalue weighted by Crippen LogP contribution is 2.32. The van der Waals surface area contributed by atoms with Crippen LogP contribution in [0.4, 0.5) is 11.4 Å². The molecular weight excluding hydrogens is 228 g/mol. The molecule has 1 aliphatic heterocycles. The van der Waals surface area contributed by atoms with Crippen LogP contribution in [0.5, 0.6) is 5.75 Å². The number of amides is 1. The van der Waals surface area contributed by atoms with Crippen LogP contribution >= 0.6 is 0 Å². The minimum atomic E-state index is 0.0542. The Morgan fingerprint density at radius 3 is 2.94 bits per heavy atom. The average Bonchev–Trinajstić information content (AvgIpc) is 2.35. The first-order chi connectivity index (χ1) is 8.70. The van der Waals surface area contributed by atoms with E-state index in [0.717, 1.165) is 29.8 Å². The van der Waals surface area contributed by atoms with Crippen molar-refractivity contribution >= 4 is 17.3 Å². The van der Waals surface area contributed by atoms with E-state index in [9.17, 15) is 4.79 Å². The second kappa shape index (κ2) is 5.76. The summed E-state index contributed by atoms with van der Waals surface area (Å²) in [6.07, 6.45) is 4.68.